The van der Waals surface area contributed by atoms with Crippen molar-refractivity contribution in [2.45, 2.75) is 246 Å². The molecular formula is C51H80O22. The van der Waals surface area contributed by atoms with Crippen LogP contribution in [0.25, 0.3) is 0 Å². The van der Waals surface area contributed by atoms with Crippen molar-refractivity contribution in [3.63, 3.8) is 0 Å². The third-order valence-corrected chi connectivity index (χ3v) is 19.9. The van der Waals surface area contributed by atoms with E-state index in [0.717, 1.165) is 43.1 Å². The Bertz CT molecular complexity index is 2020. The van der Waals surface area contributed by atoms with Gasteiger partial charge in [-0.2, -0.15) is 0 Å². The first-order chi connectivity index (χ1) is 34.4. The molecule has 4 aliphatic carbocycles. The first-order valence-corrected chi connectivity index (χ1v) is 26.6. The lowest BCUT2D eigenvalue weighted by Crippen LogP contribution is -2.66. The number of rotatable bonds is 10. The molecule has 3 saturated carbocycles. The van der Waals surface area contributed by atoms with E-state index in [1.54, 1.807) is 0 Å². The fourth-order valence-corrected chi connectivity index (χ4v) is 15.4. The molecular weight excluding hydrogens is 965 g/mol. The summed E-state index contributed by atoms with van der Waals surface area (Å²) in [5.41, 5.74) is -0.228. The van der Waals surface area contributed by atoms with Gasteiger partial charge < -0.3 is 104 Å². The summed E-state index contributed by atoms with van der Waals surface area (Å²) in [7, 11) is 0. The number of ether oxygens (including phenoxy) is 10. The normalized spacial score (nSPS) is 58.1. The molecule has 22 heteroatoms. The van der Waals surface area contributed by atoms with Crippen molar-refractivity contribution in [1.82, 2.24) is 0 Å². The zero-order valence-corrected chi connectivity index (χ0v) is 42.6. The highest BCUT2D eigenvalue weighted by Crippen LogP contribution is 2.74. The second kappa shape index (κ2) is 20.0. The van der Waals surface area contributed by atoms with Crippen LogP contribution in [0.4, 0.5) is 0 Å². The Kier molecular flexibility index (Phi) is 15.1. The van der Waals surface area contributed by atoms with E-state index >= 15 is 0 Å². The van der Waals surface area contributed by atoms with E-state index in [1.807, 2.05) is 0 Å². The maximum absolute atomic E-state index is 13.4. The minimum Gasteiger partial charge on any atom is -0.394 e. The van der Waals surface area contributed by atoms with E-state index in [2.05, 4.69) is 27.7 Å². The number of aliphatic hydroxyl groups excluding tert-OH is 10. The lowest BCUT2D eigenvalue weighted by atomic mass is 9.51. The average Bonchev–Trinajstić information content (AvgIpc) is 3.85. The number of carbonyl (C=O) groups excluding carboxylic acids is 1. The average molecular weight is 1050 g/mol. The van der Waals surface area contributed by atoms with Gasteiger partial charge in [0.1, 0.15) is 91.2 Å². The summed E-state index contributed by atoms with van der Waals surface area (Å²) in [5.74, 6) is -0.585. The van der Waals surface area contributed by atoms with Crippen LogP contribution in [0.5, 0.6) is 0 Å². The van der Waals surface area contributed by atoms with E-state index < -0.39 is 158 Å². The van der Waals surface area contributed by atoms with Crippen LogP contribution in [-0.4, -0.2) is 222 Å². The van der Waals surface area contributed by atoms with Gasteiger partial charge in [0, 0.05) is 17.8 Å². The fourth-order valence-electron chi connectivity index (χ4n) is 15.4. The molecule has 9 fully saturated rings. The Morgan fingerprint density at radius 3 is 1.84 bits per heavy atom. The summed E-state index contributed by atoms with van der Waals surface area (Å²) in [6.45, 7) is 12.8. The van der Waals surface area contributed by atoms with E-state index in [-0.39, 0.29) is 29.1 Å². The molecule has 31 atom stereocenters. The first kappa shape index (κ1) is 54.9. The van der Waals surface area contributed by atoms with Gasteiger partial charge in [-0.3, -0.25) is 4.79 Å². The van der Waals surface area contributed by atoms with Crippen molar-refractivity contribution in [3.05, 3.63) is 11.1 Å². The number of hydrogen-bond acceptors (Lipinski definition) is 22. The monoisotopic (exact) mass is 1040 g/mol. The van der Waals surface area contributed by atoms with Crippen LogP contribution in [0.1, 0.15) is 99.8 Å². The molecule has 6 aliphatic heterocycles. The van der Waals surface area contributed by atoms with Crippen molar-refractivity contribution in [2.75, 3.05) is 13.2 Å². The molecule has 6 saturated heterocycles. The van der Waals surface area contributed by atoms with E-state index in [1.165, 1.54) is 20.8 Å². The number of hydrogen-bond donors (Lipinski definition) is 11. The minimum absolute atomic E-state index is 0.00548. The molecule has 10 aliphatic rings. The predicted octanol–water partition coefficient (Wildman–Crippen LogP) is -1.61. The smallest absolute Gasteiger partial charge is 0.187 e. The highest BCUT2D eigenvalue weighted by Gasteiger charge is 2.77. The maximum atomic E-state index is 13.4. The van der Waals surface area contributed by atoms with Crippen molar-refractivity contribution in [3.8, 4) is 0 Å². The topological polar surface area (TPSA) is 332 Å². The van der Waals surface area contributed by atoms with Gasteiger partial charge in [0.15, 0.2) is 30.9 Å². The minimum atomic E-state index is -1.89. The maximum Gasteiger partial charge on any atom is 0.187 e. The lowest BCUT2D eigenvalue weighted by Gasteiger charge is -2.55. The predicted molar refractivity (Wildman–Crippen MR) is 246 cm³/mol. The summed E-state index contributed by atoms with van der Waals surface area (Å²) in [6.07, 6.45) is -25.2. The van der Waals surface area contributed by atoms with Crippen LogP contribution in [-0.2, 0) is 52.2 Å². The molecule has 1 spiro atoms. The van der Waals surface area contributed by atoms with Gasteiger partial charge in [-0.1, -0.05) is 33.3 Å². The summed E-state index contributed by atoms with van der Waals surface area (Å²) in [6, 6.07) is 0. The Hall–Kier alpha value is -1.43. The molecule has 10 rings (SSSR count). The molecule has 0 aromatic carbocycles. The quantitative estimate of drug-likeness (QED) is 0.110. The van der Waals surface area contributed by atoms with Crippen LogP contribution in [0, 0.1) is 40.4 Å². The highest BCUT2D eigenvalue weighted by atomic mass is 16.8. The van der Waals surface area contributed by atoms with Gasteiger partial charge in [0.2, 0.25) is 0 Å². The molecule has 0 unspecified atom stereocenters. The second-order valence-electron chi connectivity index (χ2n) is 23.9. The number of aliphatic hydroxyl groups is 11. The standard InChI is InChI=1S/C51H80O22/c1-19-8-13-50(64-18-19)23(5)51(63)30(73-50)15-28-31-25(16-52)27-14-24(9-11-48(27,6)26(31)10-12-49(28,51)7)68-46-40(62)37(59)42(29(17-53)69-46)71-45-39(61)36(58)41(22(4)67-45)70-47-43(35(57)33(55)21(3)66-47)72-44-38(60)34(56)32(54)20(2)65-44/h16,19-24,26,28-47,53-63H,8-15,17-18H2,1-7H3/t19-,20+,21+,22+,23-,24+,26+,28+,29-,30+,31-,32+,33+,34-,35-,36+,37-,38-,39-,40-,41+,42-,43-,44+,45+,46-,47+,48-,49+,50-,51-/m1/s1. The van der Waals surface area contributed by atoms with Gasteiger partial charge in [-0.15, -0.1) is 0 Å². The zero-order chi connectivity index (χ0) is 52.6. The summed E-state index contributed by atoms with van der Waals surface area (Å²) in [5, 5.41) is 122. The third-order valence-electron chi connectivity index (χ3n) is 19.9. The van der Waals surface area contributed by atoms with Gasteiger partial charge >= 0.3 is 0 Å². The van der Waals surface area contributed by atoms with Crippen LogP contribution in [0.15, 0.2) is 11.1 Å². The molecule has 0 bridgehead atoms. The van der Waals surface area contributed by atoms with Crippen molar-refractivity contribution in [2.24, 2.45) is 40.4 Å². The van der Waals surface area contributed by atoms with E-state index in [0.29, 0.717) is 38.2 Å². The number of aldehydes is 1. The van der Waals surface area contributed by atoms with Crippen molar-refractivity contribution in [1.29, 1.82) is 0 Å². The largest absolute Gasteiger partial charge is 0.394 e. The third kappa shape index (κ3) is 8.59. The van der Waals surface area contributed by atoms with Gasteiger partial charge in [-0.25, -0.2) is 0 Å². The lowest BCUT2D eigenvalue weighted by molar-refractivity contribution is -0.391. The molecule has 6 heterocycles. The molecule has 0 aromatic rings. The first-order valence-electron chi connectivity index (χ1n) is 26.6. The van der Waals surface area contributed by atoms with E-state index in [4.69, 9.17) is 47.4 Å². The summed E-state index contributed by atoms with van der Waals surface area (Å²) >= 11 is 0. The molecule has 73 heavy (non-hydrogen) atoms. The Labute approximate surface area is 424 Å². The van der Waals surface area contributed by atoms with Crippen molar-refractivity contribution < 1.29 is 108 Å². The van der Waals surface area contributed by atoms with Crippen LogP contribution >= 0.6 is 0 Å². The number of carbonyl (C=O) groups is 1. The molecule has 11 N–H and O–H groups in total. The molecule has 416 valence electrons. The van der Waals surface area contributed by atoms with Gasteiger partial charge in [-0.05, 0) is 100 Å². The SMILES string of the molecule is C[C@@H]1CC[C@@]2(OC1)O[C@H]1C[C@H]3[C@@H]4C(C=O)=C5C[C@@H](O[C@@H]6O[C@H](CO)[C@@H](O[C@@H]7O[C@@H](C)[C@H](O[C@@H]8O[C@@H](C)[C@H](O)[C@@H](O)[C@H]8O[C@@H]8O[C@@H](C)[C@H](O)[C@@H](O)[C@H]8O)[C@@H](O)[C@H]7O)[C@H](O)[C@H]6O)CC[C@]5(C)[C@H]4CC[C@]3(C)[C@@]1(O)[C@@H]2C. The van der Waals surface area contributed by atoms with E-state index in [9.17, 15) is 61.0 Å². The summed E-state index contributed by atoms with van der Waals surface area (Å²) < 4.78 is 60.9. The van der Waals surface area contributed by atoms with Crippen LogP contribution in [0.2, 0.25) is 0 Å². The Morgan fingerprint density at radius 2 is 1.19 bits per heavy atom. The fraction of sp³-hybridized carbons (Fsp3) is 0.941. The molecule has 0 aromatic heterocycles. The highest BCUT2D eigenvalue weighted by molar-refractivity contribution is 5.78. The van der Waals surface area contributed by atoms with Crippen LogP contribution in [0.3, 0.4) is 0 Å². The Balaban J connectivity index is 0.786. The summed E-state index contributed by atoms with van der Waals surface area (Å²) in [4.78, 5) is 13.4. The van der Waals surface area contributed by atoms with Gasteiger partial charge in [0.25, 0.3) is 0 Å². The van der Waals surface area contributed by atoms with Crippen LogP contribution < -0.4 is 0 Å². The molecule has 0 amide bonds. The molecule has 0 radical (unpaired) electrons. The second-order valence-corrected chi connectivity index (χ2v) is 23.9. The van der Waals surface area contributed by atoms with Gasteiger partial charge in [0.05, 0.1) is 43.7 Å². The Morgan fingerprint density at radius 1 is 0.616 bits per heavy atom. The zero-order valence-electron chi connectivity index (χ0n) is 42.6. The molecule has 22 nitrogen and oxygen atoms in total. The number of allylic oxidation sites excluding steroid dienone is 1. The van der Waals surface area contributed by atoms with Crippen molar-refractivity contribution >= 4 is 6.29 Å². The number of fused-ring (bicyclic) bond motifs is 7.